The van der Waals surface area contributed by atoms with Gasteiger partial charge in [-0.15, -0.1) is 0 Å². The standard InChI is InChI=1S/C23H22O13/c1-32-13-3-8(4-14(33-2)16(13)26)20-15(7-10-11(25)5-9(24)6-12(10)34-20)35-23-19(29)17(27)18(28)21(36-23)22(30)31/h3-7,17-19,21,23,27-29H,1-2H3,(H3-,24,25,26,30,31)/p+1/t17?,18-,19?,21?,23+/m1/s1. The van der Waals surface area contributed by atoms with Crippen LogP contribution in [-0.2, 0) is 9.53 Å². The minimum atomic E-state index is -1.93. The number of benzene rings is 2. The van der Waals surface area contributed by atoms with E-state index < -0.39 is 42.4 Å². The van der Waals surface area contributed by atoms with Gasteiger partial charge in [0.2, 0.25) is 17.8 Å². The van der Waals surface area contributed by atoms with E-state index in [1.54, 1.807) is 0 Å². The molecule has 0 radical (unpaired) electrons. The van der Waals surface area contributed by atoms with Gasteiger partial charge in [0.15, 0.2) is 17.6 Å². The zero-order chi connectivity index (χ0) is 26.3. The van der Waals surface area contributed by atoms with Crippen LogP contribution in [0.15, 0.2) is 34.7 Å². The summed E-state index contributed by atoms with van der Waals surface area (Å²) in [6.07, 6.45) is -9.46. The van der Waals surface area contributed by atoms with E-state index in [0.717, 1.165) is 6.07 Å². The van der Waals surface area contributed by atoms with Crippen LogP contribution >= 0.6 is 0 Å². The molecular formula is C23H23O13+. The molecule has 13 nitrogen and oxygen atoms in total. The number of carboxylic acid groups (broad SMARTS) is 1. The predicted molar refractivity (Wildman–Crippen MR) is 119 cm³/mol. The lowest BCUT2D eigenvalue weighted by Crippen LogP contribution is -2.61. The largest absolute Gasteiger partial charge is 0.507 e. The van der Waals surface area contributed by atoms with Crippen molar-refractivity contribution in [3.63, 3.8) is 0 Å². The average Bonchev–Trinajstić information content (AvgIpc) is 2.84. The van der Waals surface area contributed by atoms with E-state index in [9.17, 15) is 40.5 Å². The number of aliphatic hydroxyl groups excluding tert-OH is 3. The molecule has 0 aliphatic carbocycles. The molecule has 0 spiro atoms. The molecule has 36 heavy (non-hydrogen) atoms. The molecule has 192 valence electrons. The van der Waals surface area contributed by atoms with Gasteiger partial charge in [0.25, 0.3) is 0 Å². The SMILES string of the molecule is COc1cc(-c2[o+]c3cc(O)cc(O)c3cc2O[C@H]2OC(C(=O)O)[C@H](O)C(O)C2O)cc(OC)c1O. The second-order valence-electron chi connectivity index (χ2n) is 7.90. The normalized spacial score (nSPS) is 23.9. The Kier molecular flexibility index (Phi) is 6.65. The van der Waals surface area contributed by atoms with Crippen molar-refractivity contribution in [1.82, 2.24) is 0 Å². The van der Waals surface area contributed by atoms with Crippen LogP contribution in [0.25, 0.3) is 22.3 Å². The monoisotopic (exact) mass is 507 g/mol. The number of carboxylic acids is 1. The Bertz CT molecular complexity index is 1280. The lowest BCUT2D eigenvalue weighted by Gasteiger charge is -2.38. The summed E-state index contributed by atoms with van der Waals surface area (Å²) in [5, 5.41) is 70.3. The van der Waals surface area contributed by atoms with E-state index in [0.29, 0.717) is 0 Å². The molecule has 2 heterocycles. The van der Waals surface area contributed by atoms with E-state index in [-0.39, 0.29) is 51.0 Å². The number of fused-ring (bicyclic) bond motifs is 1. The zero-order valence-corrected chi connectivity index (χ0v) is 18.9. The van der Waals surface area contributed by atoms with Crippen molar-refractivity contribution in [3.05, 3.63) is 30.3 Å². The third-order valence-corrected chi connectivity index (χ3v) is 5.61. The van der Waals surface area contributed by atoms with Crippen LogP contribution < -0.4 is 14.2 Å². The first-order valence-corrected chi connectivity index (χ1v) is 10.4. The summed E-state index contributed by atoms with van der Waals surface area (Å²) in [5.74, 6) is -2.96. The first-order valence-electron chi connectivity index (χ1n) is 10.4. The number of hydrogen-bond donors (Lipinski definition) is 7. The first kappa shape index (κ1) is 25.1. The Morgan fingerprint density at radius 3 is 2.11 bits per heavy atom. The maximum atomic E-state index is 11.5. The van der Waals surface area contributed by atoms with Gasteiger partial charge in [0.1, 0.15) is 35.2 Å². The number of phenols is 3. The molecule has 0 saturated carbocycles. The highest BCUT2D eigenvalue weighted by atomic mass is 16.7. The van der Waals surface area contributed by atoms with Gasteiger partial charge < -0.3 is 54.7 Å². The van der Waals surface area contributed by atoms with E-state index in [1.807, 2.05) is 0 Å². The summed E-state index contributed by atoms with van der Waals surface area (Å²) in [6.45, 7) is 0. The number of hydrogen-bond acceptors (Lipinski definition) is 11. The topological polar surface area (TPSA) is 207 Å². The fourth-order valence-corrected chi connectivity index (χ4v) is 3.77. The Labute approximate surface area is 202 Å². The number of carbonyl (C=O) groups is 1. The quantitative estimate of drug-likeness (QED) is 0.231. The minimum absolute atomic E-state index is 0.00448. The number of aromatic hydroxyl groups is 3. The summed E-state index contributed by atoms with van der Waals surface area (Å²) in [6, 6.07) is 6.23. The smallest absolute Gasteiger partial charge is 0.402 e. The summed E-state index contributed by atoms with van der Waals surface area (Å²) in [7, 11) is 2.60. The fraction of sp³-hybridized carbons (Fsp3) is 0.304. The van der Waals surface area contributed by atoms with Gasteiger partial charge in [0.05, 0.1) is 25.8 Å². The van der Waals surface area contributed by atoms with Crippen molar-refractivity contribution in [1.29, 1.82) is 0 Å². The van der Waals surface area contributed by atoms with E-state index in [1.165, 1.54) is 38.5 Å². The molecule has 13 heteroatoms. The first-order chi connectivity index (χ1) is 17.0. The van der Waals surface area contributed by atoms with Crippen LogP contribution in [0, 0.1) is 0 Å². The highest BCUT2D eigenvalue weighted by Crippen LogP contribution is 2.45. The van der Waals surface area contributed by atoms with E-state index >= 15 is 0 Å². The lowest BCUT2D eigenvalue weighted by molar-refractivity contribution is -0.271. The van der Waals surface area contributed by atoms with E-state index in [4.69, 9.17) is 23.4 Å². The van der Waals surface area contributed by atoms with Crippen molar-refractivity contribution in [2.45, 2.75) is 30.7 Å². The van der Waals surface area contributed by atoms with Crippen LogP contribution in [0.4, 0.5) is 0 Å². The second-order valence-corrected chi connectivity index (χ2v) is 7.90. The van der Waals surface area contributed by atoms with Crippen LogP contribution in [0.3, 0.4) is 0 Å². The van der Waals surface area contributed by atoms with Gasteiger partial charge in [0, 0.05) is 24.3 Å². The van der Waals surface area contributed by atoms with Gasteiger partial charge in [-0.3, -0.25) is 0 Å². The molecule has 7 N–H and O–H groups in total. The van der Waals surface area contributed by atoms with Crippen LogP contribution in [0.1, 0.15) is 0 Å². The molecule has 1 aromatic heterocycles. The van der Waals surface area contributed by atoms with Crippen LogP contribution in [-0.4, -0.2) is 86.6 Å². The maximum absolute atomic E-state index is 11.5. The van der Waals surface area contributed by atoms with Gasteiger partial charge >= 0.3 is 17.3 Å². The molecule has 0 bridgehead atoms. The molecule has 1 saturated heterocycles. The van der Waals surface area contributed by atoms with Crippen molar-refractivity contribution in [2.24, 2.45) is 0 Å². The Morgan fingerprint density at radius 1 is 0.889 bits per heavy atom. The number of phenolic OH excluding ortho intramolecular Hbond substituents is 3. The molecule has 4 rings (SSSR count). The minimum Gasteiger partial charge on any atom is -0.507 e. The van der Waals surface area contributed by atoms with Crippen molar-refractivity contribution >= 4 is 16.9 Å². The fourth-order valence-electron chi connectivity index (χ4n) is 3.77. The van der Waals surface area contributed by atoms with Crippen molar-refractivity contribution in [3.8, 4) is 45.8 Å². The van der Waals surface area contributed by atoms with Crippen LogP contribution in [0.5, 0.6) is 34.5 Å². The highest BCUT2D eigenvalue weighted by molar-refractivity contribution is 5.88. The summed E-state index contributed by atoms with van der Waals surface area (Å²) >= 11 is 0. The van der Waals surface area contributed by atoms with Gasteiger partial charge in [-0.1, -0.05) is 0 Å². The lowest BCUT2D eigenvalue weighted by atomic mass is 9.99. The number of aliphatic carboxylic acids is 1. The second kappa shape index (κ2) is 9.54. The third kappa shape index (κ3) is 4.35. The van der Waals surface area contributed by atoms with Gasteiger partial charge in [-0.25, -0.2) is 9.21 Å². The molecule has 1 aliphatic rings. The molecule has 3 aromatic rings. The zero-order valence-electron chi connectivity index (χ0n) is 18.9. The Morgan fingerprint density at radius 2 is 1.53 bits per heavy atom. The summed E-state index contributed by atoms with van der Waals surface area (Å²) < 4.78 is 27.1. The molecule has 2 aromatic carbocycles. The number of methoxy groups -OCH3 is 2. The van der Waals surface area contributed by atoms with Crippen molar-refractivity contribution in [2.75, 3.05) is 14.2 Å². The molecular weight excluding hydrogens is 484 g/mol. The molecule has 0 amide bonds. The summed E-state index contributed by atoms with van der Waals surface area (Å²) in [5.41, 5.74) is 0.201. The summed E-state index contributed by atoms with van der Waals surface area (Å²) in [4.78, 5) is 11.5. The Hall–Kier alpha value is -4.04. The highest BCUT2D eigenvalue weighted by Gasteiger charge is 2.48. The van der Waals surface area contributed by atoms with E-state index in [2.05, 4.69) is 0 Å². The number of aliphatic hydroxyl groups is 3. The third-order valence-electron chi connectivity index (χ3n) is 5.61. The molecule has 1 fully saturated rings. The molecule has 1 aliphatic heterocycles. The predicted octanol–water partition coefficient (Wildman–Crippen LogP) is 0.786. The number of ether oxygens (including phenoxy) is 4. The average molecular weight is 507 g/mol. The van der Waals surface area contributed by atoms with Crippen LogP contribution in [0.2, 0.25) is 0 Å². The van der Waals surface area contributed by atoms with Gasteiger partial charge in [-0.2, -0.15) is 0 Å². The number of rotatable bonds is 6. The molecule has 3 unspecified atom stereocenters. The maximum Gasteiger partial charge on any atom is 0.402 e. The van der Waals surface area contributed by atoms with Gasteiger partial charge in [-0.05, 0) is 0 Å². The Balaban J connectivity index is 1.89. The molecule has 5 atom stereocenters. The van der Waals surface area contributed by atoms with Crippen molar-refractivity contribution < 1.29 is 63.9 Å².